The summed E-state index contributed by atoms with van der Waals surface area (Å²) in [6.45, 7) is 0. The molecule has 0 aliphatic carbocycles. The number of nitrogens with two attached hydrogens (primary N) is 1. The molecule has 6 heteroatoms. The Balaban J connectivity index is 2.83. The lowest BCUT2D eigenvalue weighted by atomic mass is 10.0. The number of nitrogens with one attached hydrogen (secondary N) is 1. The van der Waals surface area contributed by atoms with Crippen LogP contribution < -0.4 is 11.3 Å². The van der Waals surface area contributed by atoms with Crippen LogP contribution in [0.2, 0.25) is 5.02 Å². The van der Waals surface area contributed by atoms with E-state index in [-0.39, 0.29) is 0 Å². The number of hydrazine groups is 1. The van der Waals surface area contributed by atoms with E-state index in [2.05, 4.69) is 5.43 Å². The molecule has 0 spiro atoms. The average molecular weight is 239 g/mol. The van der Waals surface area contributed by atoms with Gasteiger partial charge >= 0.3 is 6.18 Å². The lowest BCUT2D eigenvalue weighted by Crippen LogP contribution is -2.31. The monoisotopic (exact) mass is 238 g/mol. The lowest BCUT2D eigenvalue weighted by Gasteiger charge is -2.18. The molecule has 15 heavy (non-hydrogen) atoms. The molecule has 0 fully saturated rings. The predicted octanol–water partition coefficient (Wildman–Crippen LogP) is 2.80. The second kappa shape index (κ2) is 4.83. The fourth-order valence-electron chi connectivity index (χ4n) is 1.23. The number of halogens is 4. The number of benzene rings is 1. The summed E-state index contributed by atoms with van der Waals surface area (Å²) in [5, 5.41) is 0.384. The third-order valence-corrected chi connectivity index (χ3v) is 2.12. The summed E-state index contributed by atoms with van der Waals surface area (Å²) in [4.78, 5) is 0. The summed E-state index contributed by atoms with van der Waals surface area (Å²) in [7, 11) is 0. The molecular formula is C9H10ClF3N2. The molecule has 1 atom stereocenters. The minimum absolute atomic E-state index is 0.384. The summed E-state index contributed by atoms with van der Waals surface area (Å²) in [5.74, 6) is 5.07. The molecule has 0 aromatic heterocycles. The Morgan fingerprint density at radius 1 is 1.40 bits per heavy atom. The topological polar surface area (TPSA) is 38.0 Å². The van der Waals surface area contributed by atoms with Crippen LogP contribution in [0.5, 0.6) is 0 Å². The number of hydrogen-bond acceptors (Lipinski definition) is 2. The summed E-state index contributed by atoms with van der Waals surface area (Å²) >= 11 is 5.67. The first-order valence-electron chi connectivity index (χ1n) is 4.21. The smallest absolute Gasteiger partial charge is 0.271 e. The molecule has 0 aliphatic heterocycles. The van der Waals surface area contributed by atoms with Crippen LogP contribution in [0, 0.1) is 0 Å². The van der Waals surface area contributed by atoms with Gasteiger partial charge in [-0.2, -0.15) is 13.2 Å². The zero-order valence-electron chi connectivity index (χ0n) is 7.68. The molecule has 1 rings (SSSR count). The minimum atomic E-state index is -4.26. The van der Waals surface area contributed by atoms with E-state index >= 15 is 0 Å². The Hall–Kier alpha value is -0.780. The minimum Gasteiger partial charge on any atom is -0.271 e. The van der Waals surface area contributed by atoms with Crippen molar-refractivity contribution in [1.29, 1.82) is 0 Å². The van der Waals surface area contributed by atoms with E-state index in [1.54, 1.807) is 18.2 Å². The maximum Gasteiger partial charge on any atom is 0.390 e. The Labute approximate surface area is 90.2 Å². The van der Waals surface area contributed by atoms with Crippen LogP contribution in [-0.4, -0.2) is 6.18 Å². The van der Waals surface area contributed by atoms with Gasteiger partial charge in [0.2, 0.25) is 0 Å². The van der Waals surface area contributed by atoms with E-state index in [0.29, 0.717) is 10.6 Å². The van der Waals surface area contributed by atoms with Gasteiger partial charge in [-0.25, -0.2) is 0 Å². The van der Waals surface area contributed by atoms with Crippen molar-refractivity contribution in [3.63, 3.8) is 0 Å². The first kappa shape index (κ1) is 12.3. The highest BCUT2D eigenvalue weighted by molar-refractivity contribution is 6.30. The number of alkyl halides is 3. The highest BCUT2D eigenvalue weighted by atomic mass is 35.5. The molecule has 1 aromatic rings. The van der Waals surface area contributed by atoms with Gasteiger partial charge in [-0.1, -0.05) is 23.7 Å². The van der Waals surface area contributed by atoms with Gasteiger partial charge in [0.15, 0.2) is 0 Å². The molecule has 1 unspecified atom stereocenters. The quantitative estimate of drug-likeness (QED) is 0.628. The molecule has 0 bridgehead atoms. The van der Waals surface area contributed by atoms with E-state index in [9.17, 15) is 13.2 Å². The fourth-order valence-corrected chi connectivity index (χ4v) is 1.43. The van der Waals surface area contributed by atoms with Crippen molar-refractivity contribution in [1.82, 2.24) is 5.43 Å². The van der Waals surface area contributed by atoms with Crippen LogP contribution in [0.4, 0.5) is 13.2 Å². The Morgan fingerprint density at radius 2 is 2.07 bits per heavy atom. The zero-order valence-corrected chi connectivity index (χ0v) is 8.44. The largest absolute Gasteiger partial charge is 0.390 e. The molecule has 0 amide bonds. The van der Waals surface area contributed by atoms with E-state index < -0.39 is 18.6 Å². The number of hydrogen-bond donors (Lipinski definition) is 2. The van der Waals surface area contributed by atoms with Crippen molar-refractivity contribution >= 4 is 11.6 Å². The third kappa shape index (κ3) is 4.07. The van der Waals surface area contributed by atoms with Gasteiger partial charge in [-0.15, -0.1) is 0 Å². The Morgan fingerprint density at radius 3 is 2.53 bits per heavy atom. The highest BCUT2D eigenvalue weighted by Crippen LogP contribution is 2.29. The van der Waals surface area contributed by atoms with E-state index in [1.807, 2.05) is 0 Å². The normalized spacial score (nSPS) is 13.9. The lowest BCUT2D eigenvalue weighted by molar-refractivity contribution is -0.140. The maximum atomic E-state index is 12.2. The van der Waals surface area contributed by atoms with Gasteiger partial charge in [0.25, 0.3) is 0 Å². The van der Waals surface area contributed by atoms with Crippen molar-refractivity contribution in [3.8, 4) is 0 Å². The summed E-state index contributed by atoms with van der Waals surface area (Å²) < 4.78 is 36.5. The van der Waals surface area contributed by atoms with Crippen LogP contribution in [0.1, 0.15) is 18.0 Å². The molecule has 3 N–H and O–H groups in total. The SMILES string of the molecule is NNC(CC(F)(F)F)c1cccc(Cl)c1. The fraction of sp³-hybridized carbons (Fsp3) is 0.333. The van der Waals surface area contributed by atoms with Crippen LogP contribution in [-0.2, 0) is 0 Å². The van der Waals surface area contributed by atoms with Crippen molar-refractivity contribution < 1.29 is 13.2 Å². The van der Waals surface area contributed by atoms with E-state index in [4.69, 9.17) is 17.4 Å². The van der Waals surface area contributed by atoms with Gasteiger partial charge < -0.3 is 0 Å². The Bertz CT molecular complexity index is 327. The van der Waals surface area contributed by atoms with Gasteiger partial charge in [0.1, 0.15) is 0 Å². The molecule has 0 saturated carbocycles. The molecule has 0 aliphatic rings. The second-order valence-electron chi connectivity index (χ2n) is 3.09. The van der Waals surface area contributed by atoms with Crippen molar-refractivity contribution in [2.45, 2.75) is 18.6 Å². The Kier molecular flexibility index (Phi) is 3.96. The summed E-state index contributed by atoms with van der Waals surface area (Å²) in [6.07, 6.45) is -5.29. The molecule has 2 nitrogen and oxygen atoms in total. The van der Waals surface area contributed by atoms with Crippen LogP contribution >= 0.6 is 11.6 Å². The van der Waals surface area contributed by atoms with Crippen molar-refractivity contribution in [3.05, 3.63) is 34.9 Å². The van der Waals surface area contributed by atoms with Gasteiger partial charge in [0.05, 0.1) is 12.5 Å². The van der Waals surface area contributed by atoms with Crippen molar-refractivity contribution in [2.24, 2.45) is 5.84 Å². The molecule has 0 radical (unpaired) electrons. The molecular weight excluding hydrogens is 229 g/mol. The maximum absolute atomic E-state index is 12.2. The first-order chi connectivity index (χ1) is 6.92. The van der Waals surface area contributed by atoms with Crippen LogP contribution in [0.25, 0.3) is 0 Å². The first-order valence-corrected chi connectivity index (χ1v) is 4.58. The van der Waals surface area contributed by atoms with Crippen LogP contribution in [0.3, 0.4) is 0 Å². The molecule has 0 heterocycles. The molecule has 84 valence electrons. The van der Waals surface area contributed by atoms with E-state index in [1.165, 1.54) is 6.07 Å². The van der Waals surface area contributed by atoms with E-state index in [0.717, 1.165) is 0 Å². The average Bonchev–Trinajstić information content (AvgIpc) is 2.13. The van der Waals surface area contributed by atoms with Gasteiger partial charge in [0, 0.05) is 5.02 Å². The summed E-state index contributed by atoms with van der Waals surface area (Å²) in [6, 6.07) is 5.20. The standard InChI is InChI=1S/C9H10ClF3N2/c10-7-3-1-2-6(4-7)8(15-14)5-9(11,12)13/h1-4,8,15H,5,14H2. The highest BCUT2D eigenvalue weighted by Gasteiger charge is 2.32. The second-order valence-corrected chi connectivity index (χ2v) is 3.53. The van der Waals surface area contributed by atoms with Gasteiger partial charge in [-0.05, 0) is 17.7 Å². The predicted molar refractivity (Wildman–Crippen MR) is 52.2 cm³/mol. The molecule has 1 aromatic carbocycles. The number of rotatable bonds is 3. The zero-order chi connectivity index (χ0) is 11.5. The molecule has 0 saturated heterocycles. The van der Waals surface area contributed by atoms with Crippen molar-refractivity contribution in [2.75, 3.05) is 0 Å². The summed E-state index contributed by atoms with van der Waals surface area (Å²) in [5.41, 5.74) is 2.54. The van der Waals surface area contributed by atoms with Gasteiger partial charge in [-0.3, -0.25) is 11.3 Å². The van der Waals surface area contributed by atoms with Crippen LogP contribution in [0.15, 0.2) is 24.3 Å². The third-order valence-electron chi connectivity index (χ3n) is 1.89.